The average Bonchev–Trinajstić information content (AvgIpc) is 1.62. The molecular weight excluding hydrogens is 128 g/mol. The van der Waals surface area contributed by atoms with Crippen molar-refractivity contribution < 1.29 is 25.5 Å². The van der Waals surface area contributed by atoms with Gasteiger partial charge in [-0.25, -0.2) is 0 Å². The van der Waals surface area contributed by atoms with Gasteiger partial charge in [-0.3, -0.25) is 0 Å². The van der Waals surface area contributed by atoms with Crippen molar-refractivity contribution in [2.45, 2.75) is 25.1 Å². The normalized spacial score (nSPS) is 19.3. The highest BCUT2D eigenvalue weighted by Gasteiger charge is 2.33. The van der Waals surface area contributed by atoms with Crippen LogP contribution < -0.4 is 0 Å². The highest BCUT2D eigenvalue weighted by Crippen LogP contribution is 2.05. The van der Waals surface area contributed by atoms with Crippen molar-refractivity contribution in [3.63, 3.8) is 0 Å². The lowest BCUT2D eigenvalue weighted by Gasteiger charge is -2.22. The van der Waals surface area contributed by atoms with E-state index in [9.17, 15) is 0 Å². The van der Waals surface area contributed by atoms with E-state index in [1.165, 1.54) is 0 Å². The van der Waals surface area contributed by atoms with Crippen LogP contribution in [0, 0.1) is 0 Å². The zero-order valence-electron chi connectivity index (χ0n) is 4.89. The Morgan fingerprint density at radius 1 is 1.11 bits per heavy atom. The van der Waals surface area contributed by atoms with Gasteiger partial charge in [0, 0.05) is 0 Å². The summed E-state index contributed by atoms with van der Waals surface area (Å²) in [7, 11) is 0. The molecule has 0 aliphatic rings. The molecule has 0 aliphatic carbocycles. The molecule has 5 nitrogen and oxygen atoms in total. The van der Waals surface area contributed by atoms with Crippen LogP contribution in [0.1, 0.15) is 6.92 Å². The van der Waals surface area contributed by atoms with Gasteiger partial charge >= 0.3 is 5.97 Å². The molecule has 0 radical (unpaired) electrons. The summed E-state index contributed by atoms with van der Waals surface area (Å²) in [5.41, 5.74) is 0. The van der Waals surface area contributed by atoms with Crippen LogP contribution in [-0.2, 0) is 0 Å². The van der Waals surface area contributed by atoms with E-state index in [1.54, 1.807) is 0 Å². The fourth-order valence-corrected chi connectivity index (χ4v) is 0.324. The molecule has 0 bridgehead atoms. The van der Waals surface area contributed by atoms with Crippen LogP contribution in [0.15, 0.2) is 0 Å². The van der Waals surface area contributed by atoms with Crippen molar-refractivity contribution in [2.75, 3.05) is 0 Å². The molecule has 0 aromatic carbocycles. The fraction of sp³-hybridized carbons (Fsp3) is 1.00. The second-order valence-electron chi connectivity index (χ2n) is 1.87. The standard InChI is InChI=1S/C4H10O5/c1-2(5)3(6)4(7,8)9/h2-3,5-9H,1H3. The summed E-state index contributed by atoms with van der Waals surface area (Å²) in [6, 6.07) is 0. The molecule has 0 heterocycles. The lowest BCUT2D eigenvalue weighted by atomic mass is 10.2. The molecule has 0 amide bonds. The predicted octanol–water partition coefficient (Wildman–Crippen LogP) is -2.64. The first kappa shape index (κ1) is 8.80. The van der Waals surface area contributed by atoms with Crippen LogP contribution in [0.2, 0.25) is 0 Å². The molecule has 56 valence electrons. The minimum absolute atomic E-state index is 1.11. The van der Waals surface area contributed by atoms with Crippen LogP contribution >= 0.6 is 0 Å². The molecule has 0 aromatic rings. The molecule has 2 unspecified atom stereocenters. The smallest absolute Gasteiger partial charge is 0.305 e. The molecule has 0 aromatic heterocycles. The van der Waals surface area contributed by atoms with E-state index < -0.39 is 18.2 Å². The third kappa shape index (κ3) is 2.73. The molecule has 0 spiro atoms. The Morgan fingerprint density at radius 3 is 1.44 bits per heavy atom. The van der Waals surface area contributed by atoms with E-state index in [2.05, 4.69) is 0 Å². The van der Waals surface area contributed by atoms with Crippen molar-refractivity contribution in [1.29, 1.82) is 0 Å². The lowest BCUT2D eigenvalue weighted by molar-refractivity contribution is -0.365. The molecule has 5 N–H and O–H groups in total. The van der Waals surface area contributed by atoms with Gasteiger partial charge in [0.05, 0.1) is 6.10 Å². The number of rotatable bonds is 2. The Bertz CT molecular complexity index is 83.4. The minimum atomic E-state index is -3.21. The van der Waals surface area contributed by atoms with E-state index in [0.29, 0.717) is 0 Å². The monoisotopic (exact) mass is 138 g/mol. The van der Waals surface area contributed by atoms with Gasteiger partial charge < -0.3 is 25.5 Å². The number of hydrogen-bond donors (Lipinski definition) is 5. The topological polar surface area (TPSA) is 101 Å². The Balaban J connectivity index is 3.88. The van der Waals surface area contributed by atoms with Gasteiger partial charge in [-0.2, -0.15) is 0 Å². The Morgan fingerprint density at radius 2 is 1.44 bits per heavy atom. The summed E-state index contributed by atoms with van der Waals surface area (Å²) in [5.74, 6) is -3.21. The molecule has 0 rings (SSSR count). The van der Waals surface area contributed by atoms with Crippen molar-refractivity contribution in [3.8, 4) is 0 Å². The maximum Gasteiger partial charge on any atom is 0.305 e. The van der Waals surface area contributed by atoms with E-state index in [4.69, 9.17) is 25.5 Å². The summed E-state index contributed by atoms with van der Waals surface area (Å²) >= 11 is 0. The summed E-state index contributed by atoms with van der Waals surface area (Å²) < 4.78 is 0. The van der Waals surface area contributed by atoms with Crippen LogP contribution in [-0.4, -0.2) is 43.7 Å². The fourth-order valence-electron chi connectivity index (χ4n) is 0.324. The first-order valence-electron chi connectivity index (χ1n) is 2.39. The lowest BCUT2D eigenvalue weighted by Crippen LogP contribution is -2.47. The van der Waals surface area contributed by atoms with Gasteiger partial charge in [0.2, 0.25) is 0 Å². The Labute approximate surface area is 51.8 Å². The van der Waals surface area contributed by atoms with Gasteiger partial charge in [-0.1, -0.05) is 0 Å². The van der Waals surface area contributed by atoms with E-state index in [-0.39, 0.29) is 0 Å². The van der Waals surface area contributed by atoms with Gasteiger partial charge in [0.1, 0.15) is 0 Å². The molecule has 0 fully saturated rings. The molecular formula is C4H10O5. The summed E-state index contributed by atoms with van der Waals surface area (Å²) in [4.78, 5) is 0. The van der Waals surface area contributed by atoms with Gasteiger partial charge in [-0.05, 0) is 6.92 Å². The van der Waals surface area contributed by atoms with Crippen molar-refractivity contribution in [2.24, 2.45) is 0 Å². The third-order valence-electron chi connectivity index (χ3n) is 0.854. The van der Waals surface area contributed by atoms with Gasteiger partial charge in [-0.15, -0.1) is 0 Å². The van der Waals surface area contributed by atoms with Crippen molar-refractivity contribution >= 4 is 0 Å². The minimum Gasteiger partial charge on any atom is -0.390 e. The third-order valence-corrected chi connectivity index (χ3v) is 0.854. The van der Waals surface area contributed by atoms with E-state index >= 15 is 0 Å². The second kappa shape index (κ2) is 2.59. The first-order valence-corrected chi connectivity index (χ1v) is 2.39. The van der Waals surface area contributed by atoms with Crippen LogP contribution in [0.4, 0.5) is 0 Å². The largest absolute Gasteiger partial charge is 0.390 e. The molecule has 0 aliphatic heterocycles. The zero-order chi connectivity index (χ0) is 7.65. The number of aliphatic hydroxyl groups excluding tert-OH is 2. The van der Waals surface area contributed by atoms with Crippen LogP contribution in [0.3, 0.4) is 0 Å². The van der Waals surface area contributed by atoms with Crippen molar-refractivity contribution in [1.82, 2.24) is 0 Å². The van der Waals surface area contributed by atoms with Crippen LogP contribution in [0.5, 0.6) is 0 Å². The second-order valence-corrected chi connectivity index (χ2v) is 1.87. The molecule has 0 saturated carbocycles. The van der Waals surface area contributed by atoms with Gasteiger partial charge in [0.15, 0.2) is 6.10 Å². The summed E-state index contributed by atoms with van der Waals surface area (Å²) in [5, 5.41) is 41.4. The maximum atomic E-state index is 8.46. The molecule has 5 heteroatoms. The van der Waals surface area contributed by atoms with Gasteiger partial charge in [0.25, 0.3) is 0 Å². The number of aliphatic hydroxyl groups is 5. The molecule has 2 atom stereocenters. The quantitative estimate of drug-likeness (QED) is 0.268. The van der Waals surface area contributed by atoms with Crippen molar-refractivity contribution in [3.05, 3.63) is 0 Å². The van der Waals surface area contributed by atoms with E-state index in [0.717, 1.165) is 6.92 Å². The molecule has 9 heavy (non-hydrogen) atoms. The summed E-state index contributed by atoms with van der Waals surface area (Å²) in [6.07, 6.45) is -3.34. The highest BCUT2D eigenvalue weighted by atomic mass is 16.7. The first-order chi connectivity index (χ1) is 3.85. The van der Waals surface area contributed by atoms with E-state index in [1.807, 2.05) is 0 Å². The predicted molar refractivity (Wildman–Crippen MR) is 27.1 cm³/mol. The Kier molecular flexibility index (Phi) is 2.53. The van der Waals surface area contributed by atoms with Crippen LogP contribution in [0.25, 0.3) is 0 Å². The SMILES string of the molecule is CC(O)C(O)C(O)(O)O. The number of hydrogen-bond acceptors (Lipinski definition) is 5. The average molecular weight is 138 g/mol. The highest BCUT2D eigenvalue weighted by molar-refractivity contribution is 4.67. The maximum absolute atomic E-state index is 8.46. The Hall–Kier alpha value is -0.200. The summed E-state index contributed by atoms with van der Waals surface area (Å²) in [6.45, 7) is 1.11. The zero-order valence-corrected chi connectivity index (χ0v) is 4.89. The molecule has 0 saturated heterocycles.